The number of nitrogens with zero attached hydrogens (tertiary/aromatic N) is 2. The molecule has 2 rings (SSSR count). The average molecular weight is 209 g/mol. The molecular formula is C10H15N3O2. The number of carboxylic acids is 1. The second-order valence-corrected chi connectivity index (χ2v) is 3.98. The summed E-state index contributed by atoms with van der Waals surface area (Å²) >= 11 is 0. The Balaban J connectivity index is 2.05. The summed E-state index contributed by atoms with van der Waals surface area (Å²) < 4.78 is 1.67. The average Bonchev–Trinajstić information content (AvgIpc) is 2.84. The summed E-state index contributed by atoms with van der Waals surface area (Å²) in [7, 11) is 0. The molecule has 1 saturated carbocycles. The molecule has 2 unspecified atom stereocenters. The highest BCUT2D eigenvalue weighted by Crippen LogP contribution is 2.22. The monoisotopic (exact) mass is 209 g/mol. The second kappa shape index (κ2) is 4.02. The minimum Gasteiger partial charge on any atom is -0.480 e. The van der Waals surface area contributed by atoms with Crippen molar-refractivity contribution in [2.24, 2.45) is 0 Å². The first kappa shape index (κ1) is 10.2. The third kappa shape index (κ3) is 2.36. The van der Waals surface area contributed by atoms with Gasteiger partial charge in [-0.15, -0.1) is 0 Å². The van der Waals surface area contributed by atoms with Crippen LogP contribution in [-0.2, 0) is 4.79 Å². The molecule has 1 fully saturated rings. The van der Waals surface area contributed by atoms with Crippen LogP contribution in [0, 0.1) is 0 Å². The largest absolute Gasteiger partial charge is 0.480 e. The van der Waals surface area contributed by atoms with Gasteiger partial charge in [0.1, 0.15) is 6.04 Å². The molecule has 0 amide bonds. The summed E-state index contributed by atoms with van der Waals surface area (Å²) in [5.41, 5.74) is 0. The van der Waals surface area contributed by atoms with Crippen molar-refractivity contribution in [1.29, 1.82) is 0 Å². The van der Waals surface area contributed by atoms with E-state index in [0.717, 1.165) is 12.8 Å². The Morgan fingerprint density at radius 1 is 1.67 bits per heavy atom. The van der Waals surface area contributed by atoms with Gasteiger partial charge in [-0.3, -0.25) is 14.8 Å². The highest BCUT2D eigenvalue weighted by Gasteiger charge is 2.32. The molecule has 1 aromatic heterocycles. The molecule has 2 atom stereocenters. The van der Waals surface area contributed by atoms with E-state index in [1.54, 1.807) is 23.1 Å². The Morgan fingerprint density at radius 3 is 2.87 bits per heavy atom. The number of hydrogen-bond acceptors (Lipinski definition) is 3. The first-order chi connectivity index (χ1) is 7.18. The number of nitrogens with one attached hydrogen (secondary N) is 1. The van der Waals surface area contributed by atoms with E-state index in [4.69, 9.17) is 5.11 Å². The van der Waals surface area contributed by atoms with E-state index in [1.807, 2.05) is 6.92 Å². The van der Waals surface area contributed by atoms with Crippen LogP contribution in [-0.4, -0.2) is 32.9 Å². The molecule has 0 spiro atoms. The van der Waals surface area contributed by atoms with E-state index in [2.05, 4.69) is 10.4 Å². The van der Waals surface area contributed by atoms with Crippen LogP contribution in [0.15, 0.2) is 18.5 Å². The smallest absolute Gasteiger partial charge is 0.322 e. The van der Waals surface area contributed by atoms with Gasteiger partial charge in [-0.1, -0.05) is 0 Å². The molecule has 1 heterocycles. The predicted octanol–water partition coefficient (Wildman–Crippen LogP) is 0.649. The number of carbonyl (C=O) groups is 1. The number of carboxylic acid groups (broad SMARTS) is 1. The lowest BCUT2D eigenvalue weighted by Gasteiger charge is -2.21. The van der Waals surface area contributed by atoms with E-state index in [0.29, 0.717) is 6.04 Å². The van der Waals surface area contributed by atoms with Crippen LogP contribution >= 0.6 is 0 Å². The van der Waals surface area contributed by atoms with E-state index in [-0.39, 0.29) is 6.04 Å². The molecular weight excluding hydrogens is 194 g/mol. The lowest BCUT2D eigenvalue weighted by molar-refractivity contribution is -0.140. The summed E-state index contributed by atoms with van der Waals surface area (Å²) in [6.45, 7) is 1.86. The summed E-state index contributed by atoms with van der Waals surface area (Å²) in [5.74, 6) is -0.815. The van der Waals surface area contributed by atoms with E-state index in [9.17, 15) is 4.79 Å². The van der Waals surface area contributed by atoms with E-state index >= 15 is 0 Å². The van der Waals surface area contributed by atoms with Crippen LogP contribution in [0.2, 0.25) is 0 Å². The van der Waals surface area contributed by atoms with Gasteiger partial charge >= 0.3 is 5.97 Å². The molecule has 5 nitrogen and oxygen atoms in total. The zero-order valence-electron chi connectivity index (χ0n) is 8.63. The Hall–Kier alpha value is -1.36. The van der Waals surface area contributed by atoms with Crippen molar-refractivity contribution in [3.05, 3.63) is 18.5 Å². The lowest BCUT2D eigenvalue weighted by Crippen LogP contribution is -2.44. The molecule has 2 N–H and O–H groups in total. The summed E-state index contributed by atoms with van der Waals surface area (Å²) in [4.78, 5) is 11.1. The third-order valence-electron chi connectivity index (χ3n) is 2.68. The minimum atomic E-state index is -0.815. The second-order valence-electron chi connectivity index (χ2n) is 3.98. The maximum atomic E-state index is 11.1. The normalized spacial score (nSPS) is 19.8. The van der Waals surface area contributed by atoms with Gasteiger partial charge in [-0.2, -0.15) is 5.10 Å². The zero-order chi connectivity index (χ0) is 10.8. The highest BCUT2D eigenvalue weighted by molar-refractivity contribution is 5.74. The fourth-order valence-corrected chi connectivity index (χ4v) is 1.60. The van der Waals surface area contributed by atoms with E-state index in [1.165, 1.54) is 0 Å². The molecule has 0 saturated heterocycles. The summed E-state index contributed by atoms with van der Waals surface area (Å²) in [6, 6.07) is 1.45. The van der Waals surface area contributed by atoms with Gasteiger partial charge < -0.3 is 5.11 Å². The van der Waals surface area contributed by atoms with Crippen LogP contribution < -0.4 is 5.32 Å². The Morgan fingerprint density at radius 2 is 2.40 bits per heavy atom. The van der Waals surface area contributed by atoms with Gasteiger partial charge in [0, 0.05) is 18.4 Å². The molecule has 0 aromatic carbocycles. The number of hydrogen-bond donors (Lipinski definition) is 2. The van der Waals surface area contributed by atoms with E-state index < -0.39 is 12.0 Å². The van der Waals surface area contributed by atoms with Crippen molar-refractivity contribution < 1.29 is 9.90 Å². The molecule has 1 aliphatic rings. The molecule has 1 aliphatic carbocycles. The van der Waals surface area contributed by atoms with Crippen LogP contribution in [0.3, 0.4) is 0 Å². The van der Waals surface area contributed by atoms with Crippen LogP contribution in [0.4, 0.5) is 0 Å². The fourth-order valence-electron chi connectivity index (χ4n) is 1.60. The first-order valence-electron chi connectivity index (χ1n) is 5.16. The maximum absolute atomic E-state index is 11.1. The Labute approximate surface area is 88.1 Å². The standard InChI is InChI=1S/C10H15N3O2/c1-7(13-6-2-5-11-13)9(10(14)15)12-8-3-4-8/h2,5-9,12H,3-4H2,1H3,(H,14,15). The number of aromatic nitrogens is 2. The summed E-state index contributed by atoms with van der Waals surface area (Å²) in [5, 5.41) is 16.3. The van der Waals surface area contributed by atoms with Crippen molar-refractivity contribution in [2.45, 2.75) is 37.9 Å². The first-order valence-corrected chi connectivity index (χ1v) is 5.16. The SMILES string of the molecule is CC(C(NC1CC1)C(=O)O)n1cccn1. The Kier molecular flexibility index (Phi) is 2.73. The number of aliphatic carboxylic acids is 1. The minimum absolute atomic E-state index is 0.168. The van der Waals surface area contributed by atoms with Gasteiger partial charge in [-0.25, -0.2) is 0 Å². The molecule has 1 aromatic rings. The van der Waals surface area contributed by atoms with Crippen molar-refractivity contribution in [1.82, 2.24) is 15.1 Å². The van der Waals surface area contributed by atoms with Gasteiger partial charge in [0.05, 0.1) is 6.04 Å². The molecule has 82 valence electrons. The van der Waals surface area contributed by atoms with Gasteiger partial charge in [-0.05, 0) is 25.8 Å². The predicted molar refractivity (Wildman–Crippen MR) is 54.5 cm³/mol. The fraction of sp³-hybridized carbons (Fsp3) is 0.600. The van der Waals surface area contributed by atoms with Crippen LogP contribution in [0.5, 0.6) is 0 Å². The summed E-state index contributed by atoms with van der Waals surface area (Å²) in [6.07, 6.45) is 5.60. The third-order valence-corrected chi connectivity index (χ3v) is 2.68. The van der Waals surface area contributed by atoms with Crippen LogP contribution in [0.25, 0.3) is 0 Å². The molecule has 0 radical (unpaired) electrons. The van der Waals surface area contributed by atoms with Crippen molar-refractivity contribution >= 4 is 5.97 Å². The van der Waals surface area contributed by atoms with Crippen molar-refractivity contribution in [3.8, 4) is 0 Å². The zero-order valence-corrected chi connectivity index (χ0v) is 8.63. The van der Waals surface area contributed by atoms with Crippen LogP contribution in [0.1, 0.15) is 25.8 Å². The molecule has 15 heavy (non-hydrogen) atoms. The molecule has 5 heteroatoms. The van der Waals surface area contributed by atoms with Gasteiger partial charge in [0.2, 0.25) is 0 Å². The van der Waals surface area contributed by atoms with Gasteiger partial charge in [0.15, 0.2) is 0 Å². The molecule has 0 aliphatic heterocycles. The molecule has 0 bridgehead atoms. The number of rotatable bonds is 5. The Bertz CT molecular complexity index is 332. The van der Waals surface area contributed by atoms with Crippen molar-refractivity contribution in [2.75, 3.05) is 0 Å². The van der Waals surface area contributed by atoms with Gasteiger partial charge in [0.25, 0.3) is 0 Å². The maximum Gasteiger partial charge on any atom is 0.322 e. The van der Waals surface area contributed by atoms with Crippen molar-refractivity contribution in [3.63, 3.8) is 0 Å². The lowest BCUT2D eigenvalue weighted by atomic mass is 10.1. The topological polar surface area (TPSA) is 67.2 Å². The quantitative estimate of drug-likeness (QED) is 0.747. The highest BCUT2D eigenvalue weighted by atomic mass is 16.4.